The van der Waals surface area contributed by atoms with Gasteiger partial charge in [-0.05, 0) is 49.2 Å². The fourth-order valence-electron chi connectivity index (χ4n) is 2.46. The number of ether oxygens (including phenoxy) is 1. The van der Waals surface area contributed by atoms with Crippen molar-refractivity contribution < 1.29 is 9.53 Å². The van der Waals surface area contributed by atoms with Crippen molar-refractivity contribution in [1.29, 1.82) is 0 Å². The second kappa shape index (κ2) is 6.80. The lowest BCUT2D eigenvalue weighted by Gasteiger charge is -2.08. The number of nitrogens with zero attached hydrogens (tertiary/aromatic N) is 2. The minimum Gasteiger partial charge on any atom is -0.497 e. The smallest absolute Gasteiger partial charge is 0.258 e. The van der Waals surface area contributed by atoms with Crippen molar-refractivity contribution in [3.05, 3.63) is 59.2 Å². The number of hydrogen-bond acceptors (Lipinski definition) is 5. The quantitative estimate of drug-likeness (QED) is 0.778. The summed E-state index contributed by atoms with van der Waals surface area (Å²) in [5, 5.41) is 3.31. The third kappa shape index (κ3) is 3.28. The molecule has 0 spiro atoms. The maximum Gasteiger partial charge on any atom is 0.258 e. The van der Waals surface area contributed by atoms with Gasteiger partial charge in [0.05, 0.1) is 7.11 Å². The van der Waals surface area contributed by atoms with Crippen molar-refractivity contribution >= 4 is 22.6 Å². The molecule has 1 heterocycles. The molecule has 3 rings (SSSR count). The second-order valence-corrected chi connectivity index (χ2v) is 6.12. The van der Waals surface area contributed by atoms with Crippen LogP contribution in [-0.2, 0) is 0 Å². The first-order chi connectivity index (χ1) is 11.6. The zero-order valence-electron chi connectivity index (χ0n) is 13.7. The van der Waals surface area contributed by atoms with Crippen LogP contribution in [0.5, 0.6) is 5.75 Å². The van der Waals surface area contributed by atoms with Crippen molar-refractivity contribution in [2.75, 3.05) is 12.4 Å². The van der Waals surface area contributed by atoms with E-state index in [4.69, 9.17) is 4.74 Å². The molecule has 5 nitrogen and oxygen atoms in total. The molecule has 0 aliphatic rings. The average molecular weight is 339 g/mol. The fraction of sp³-hybridized carbons (Fsp3) is 0.167. The molecule has 0 unspecified atom stereocenters. The maximum absolute atomic E-state index is 12.5. The molecule has 122 valence electrons. The zero-order chi connectivity index (χ0) is 17.1. The van der Waals surface area contributed by atoms with Gasteiger partial charge in [-0.25, -0.2) is 0 Å². The summed E-state index contributed by atoms with van der Waals surface area (Å²) in [5.74, 6) is 1.19. The highest BCUT2D eigenvalue weighted by atomic mass is 32.1. The van der Waals surface area contributed by atoms with Crippen LogP contribution in [0.2, 0.25) is 0 Å². The normalized spacial score (nSPS) is 10.5. The Kier molecular flexibility index (Phi) is 4.57. The van der Waals surface area contributed by atoms with Crippen LogP contribution in [0.25, 0.3) is 11.4 Å². The molecule has 2 aromatic carbocycles. The summed E-state index contributed by atoms with van der Waals surface area (Å²) >= 11 is 1.16. The van der Waals surface area contributed by atoms with Gasteiger partial charge >= 0.3 is 0 Å². The summed E-state index contributed by atoms with van der Waals surface area (Å²) < 4.78 is 9.45. The Morgan fingerprint density at radius 2 is 1.75 bits per heavy atom. The van der Waals surface area contributed by atoms with Crippen LogP contribution in [0.1, 0.15) is 21.5 Å². The van der Waals surface area contributed by atoms with E-state index < -0.39 is 0 Å². The van der Waals surface area contributed by atoms with Gasteiger partial charge in [-0.2, -0.15) is 9.36 Å². The highest BCUT2D eigenvalue weighted by molar-refractivity contribution is 7.10. The molecular weight excluding hydrogens is 322 g/mol. The highest BCUT2D eigenvalue weighted by Crippen LogP contribution is 2.24. The Bertz CT molecular complexity index is 852. The number of benzene rings is 2. The van der Waals surface area contributed by atoms with Crippen LogP contribution in [0.15, 0.2) is 42.5 Å². The number of anilines is 1. The van der Waals surface area contributed by atoms with E-state index in [0.717, 1.165) is 34.0 Å². The fourth-order valence-corrected chi connectivity index (χ4v) is 3.05. The van der Waals surface area contributed by atoms with E-state index in [1.165, 1.54) is 0 Å². The van der Waals surface area contributed by atoms with Crippen molar-refractivity contribution in [3.8, 4) is 17.1 Å². The molecule has 0 saturated heterocycles. The monoisotopic (exact) mass is 339 g/mol. The Morgan fingerprint density at radius 1 is 1.08 bits per heavy atom. The Morgan fingerprint density at radius 3 is 2.38 bits per heavy atom. The maximum atomic E-state index is 12.5. The lowest BCUT2D eigenvalue weighted by molar-refractivity contribution is 0.102. The van der Waals surface area contributed by atoms with Gasteiger partial charge in [0.15, 0.2) is 5.82 Å². The minimum atomic E-state index is -0.164. The minimum absolute atomic E-state index is 0.164. The number of amides is 1. The first-order valence-corrected chi connectivity index (χ1v) is 8.21. The first-order valence-electron chi connectivity index (χ1n) is 7.44. The van der Waals surface area contributed by atoms with E-state index in [1.807, 2.05) is 56.3 Å². The predicted molar refractivity (Wildman–Crippen MR) is 95.8 cm³/mol. The molecule has 0 aliphatic carbocycles. The van der Waals surface area contributed by atoms with E-state index in [1.54, 1.807) is 7.11 Å². The van der Waals surface area contributed by atoms with Gasteiger partial charge in [-0.1, -0.05) is 18.2 Å². The lowest BCUT2D eigenvalue weighted by Crippen LogP contribution is -2.14. The molecule has 0 bridgehead atoms. The van der Waals surface area contributed by atoms with Crippen LogP contribution >= 0.6 is 11.5 Å². The SMILES string of the molecule is COc1ccc(-c2nsc(NC(=O)c3c(C)cccc3C)n2)cc1. The molecule has 0 radical (unpaired) electrons. The topological polar surface area (TPSA) is 64.1 Å². The van der Waals surface area contributed by atoms with Crippen LogP contribution in [-0.4, -0.2) is 22.4 Å². The first kappa shape index (κ1) is 16.1. The van der Waals surface area contributed by atoms with Crippen molar-refractivity contribution in [1.82, 2.24) is 9.36 Å². The summed E-state index contributed by atoms with van der Waals surface area (Å²) in [6.45, 7) is 3.84. The molecule has 6 heteroatoms. The van der Waals surface area contributed by atoms with E-state index >= 15 is 0 Å². The summed E-state index contributed by atoms with van der Waals surface area (Å²) in [7, 11) is 1.62. The van der Waals surface area contributed by atoms with Gasteiger partial charge in [-0.15, -0.1) is 0 Å². The van der Waals surface area contributed by atoms with Gasteiger partial charge in [0.1, 0.15) is 5.75 Å². The number of carbonyl (C=O) groups is 1. The number of carbonyl (C=O) groups excluding carboxylic acids is 1. The van der Waals surface area contributed by atoms with Crippen molar-refractivity contribution in [3.63, 3.8) is 0 Å². The highest BCUT2D eigenvalue weighted by Gasteiger charge is 2.15. The lowest BCUT2D eigenvalue weighted by atomic mass is 10.0. The number of rotatable bonds is 4. The molecule has 0 aliphatic heterocycles. The number of aromatic nitrogens is 2. The third-order valence-corrected chi connectivity index (χ3v) is 4.33. The van der Waals surface area contributed by atoms with Crippen molar-refractivity contribution in [2.24, 2.45) is 0 Å². The predicted octanol–water partition coefficient (Wildman–Crippen LogP) is 4.08. The van der Waals surface area contributed by atoms with E-state index in [0.29, 0.717) is 16.5 Å². The molecule has 24 heavy (non-hydrogen) atoms. The molecule has 0 saturated carbocycles. The van der Waals surface area contributed by atoms with Gasteiger partial charge < -0.3 is 4.74 Å². The van der Waals surface area contributed by atoms with Gasteiger partial charge in [0, 0.05) is 22.7 Å². The summed E-state index contributed by atoms with van der Waals surface area (Å²) in [6, 6.07) is 13.3. The molecule has 1 aromatic heterocycles. The standard InChI is InChI=1S/C18H17N3O2S/c1-11-5-4-6-12(2)15(11)17(22)20-18-19-16(21-24-18)13-7-9-14(23-3)10-8-13/h4-10H,1-3H3,(H,19,20,21,22). The van der Waals surface area contributed by atoms with Gasteiger partial charge in [-0.3, -0.25) is 10.1 Å². The zero-order valence-corrected chi connectivity index (χ0v) is 14.5. The second-order valence-electron chi connectivity index (χ2n) is 5.37. The molecule has 0 fully saturated rings. The van der Waals surface area contributed by atoms with Crippen LogP contribution in [0.4, 0.5) is 5.13 Å². The largest absolute Gasteiger partial charge is 0.497 e. The van der Waals surface area contributed by atoms with Crippen LogP contribution in [0, 0.1) is 13.8 Å². The molecule has 1 amide bonds. The van der Waals surface area contributed by atoms with E-state index in [9.17, 15) is 4.79 Å². The number of hydrogen-bond donors (Lipinski definition) is 1. The van der Waals surface area contributed by atoms with Crippen molar-refractivity contribution in [2.45, 2.75) is 13.8 Å². The molecular formula is C18H17N3O2S. The summed E-state index contributed by atoms with van der Waals surface area (Å²) in [4.78, 5) is 16.9. The van der Waals surface area contributed by atoms with E-state index in [-0.39, 0.29) is 5.91 Å². The number of nitrogens with one attached hydrogen (secondary N) is 1. The van der Waals surface area contributed by atoms with E-state index in [2.05, 4.69) is 14.7 Å². The Labute approximate surface area is 144 Å². The van der Waals surface area contributed by atoms with Crippen LogP contribution < -0.4 is 10.1 Å². The molecule has 1 N–H and O–H groups in total. The summed E-state index contributed by atoms with van der Waals surface area (Å²) in [5.41, 5.74) is 3.43. The Balaban J connectivity index is 1.79. The Hall–Kier alpha value is -2.73. The van der Waals surface area contributed by atoms with Gasteiger partial charge in [0.2, 0.25) is 5.13 Å². The van der Waals surface area contributed by atoms with Gasteiger partial charge in [0.25, 0.3) is 5.91 Å². The average Bonchev–Trinajstić information content (AvgIpc) is 3.03. The third-order valence-electron chi connectivity index (χ3n) is 3.70. The van der Waals surface area contributed by atoms with Crippen LogP contribution in [0.3, 0.4) is 0 Å². The number of methoxy groups -OCH3 is 1. The molecule has 3 aromatic rings. The number of aryl methyl sites for hydroxylation is 2. The molecule has 0 atom stereocenters. The summed E-state index contributed by atoms with van der Waals surface area (Å²) in [6.07, 6.45) is 0.